The molecule has 0 unspecified atom stereocenters. The van der Waals surface area contributed by atoms with Crippen molar-refractivity contribution in [3.63, 3.8) is 0 Å². The van der Waals surface area contributed by atoms with Gasteiger partial charge < -0.3 is 4.90 Å². The second-order valence-electron chi connectivity index (χ2n) is 9.81. The molecule has 4 rings (SSSR count). The van der Waals surface area contributed by atoms with Crippen LogP contribution in [0.1, 0.15) is 57.9 Å². The highest BCUT2D eigenvalue weighted by molar-refractivity contribution is 5.80. The van der Waals surface area contributed by atoms with Crippen molar-refractivity contribution in [3.05, 3.63) is 30.1 Å². The highest BCUT2D eigenvalue weighted by atomic mass is 16.2. The summed E-state index contributed by atoms with van der Waals surface area (Å²) in [4.78, 5) is 24.9. The number of pyridine rings is 1. The molecule has 2 saturated heterocycles. The number of carbonyl (C=O) groups excluding carboxylic acids is 1. The Kier molecular flexibility index (Phi) is 6.86. The summed E-state index contributed by atoms with van der Waals surface area (Å²) in [6.45, 7) is 10.9. The Morgan fingerprint density at radius 3 is 2.48 bits per heavy atom. The average molecular weight is 399 g/mol. The summed E-state index contributed by atoms with van der Waals surface area (Å²) in [6, 6.07) is 5.43. The van der Waals surface area contributed by atoms with E-state index in [4.69, 9.17) is 0 Å². The molecular weight excluding hydrogens is 360 g/mol. The van der Waals surface area contributed by atoms with E-state index in [1.54, 1.807) is 0 Å². The van der Waals surface area contributed by atoms with Crippen molar-refractivity contribution >= 4 is 5.91 Å². The van der Waals surface area contributed by atoms with Gasteiger partial charge in [0.25, 0.3) is 0 Å². The molecule has 3 aliphatic rings. The Labute approximate surface area is 176 Å². The Bertz CT molecular complexity index is 652. The monoisotopic (exact) mass is 398 g/mol. The maximum absolute atomic E-state index is 13.3. The van der Waals surface area contributed by atoms with Crippen LogP contribution in [0.15, 0.2) is 24.5 Å². The molecule has 3 heterocycles. The van der Waals surface area contributed by atoms with Gasteiger partial charge in [-0.25, -0.2) is 0 Å². The molecule has 1 amide bonds. The van der Waals surface area contributed by atoms with Gasteiger partial charge in [-0.2, -0.15) is 0 Å². The normalized spacial score (nSPS) is 24.7. The molecule has 0 spiro atoms. The Morgan fingerprint density at radius 2 is 1.83 bits per heavy atom. The van der Waals surface area contributed by atoms with Gasteiger partial charge in [-0.05, 0) is 81.8 Å². The standard InChI is InChI=1S/C24H38N4O/c1-19(2)16-28(23-5-6-23)24(29)21-4-3-13-27(18-21)22-9-14-26(15-10-22)17-20-7-11-25-12-8-20/h7-8,11-12,19,21-23H,3-6,9-10,13-18H2,1-2H3/t21-/m1/s1. The van der Waals surface area contributed by atoms with Gasteiger partial charge in [0.1, 0.15) is 0 Å². The SMILES string of the molecule is CC(C)CN(C(=O)[C@@H]1CCCN(C2CCN(Cc3ccncc3)CC2)C1)C1CC1. The molecule has 5 nitrogen and oxygen atoms in total. The van der Waals surface area contributed by atoms with E-state index in [-0.39, 0.29) is 5.92 Å². The first-order valence-corrected chi connectivity index (χ1v) is 11.8. The van der Waals surface area contributed by atoms with E-state index in [1.807, 2.05) is 12.4 Å². The van der Waals surface area contributed by atoms with E-state index < -0.39 is 0 Å². The van der Waals surface area contributed by atoms with Gasteiger partial charge in [0.2, 0.25) is 5.91 Å². The van der Waals surface area contributed by atoms with Crippen molar-refractivity contribution in [3.8, 4) is 0 Å². The quantitative estimate of drug-likeness (QED) is 0.706. The summed E-state index contributed by atoms with van der Waals surface area (Å²) in [5, 5.41) is 0. The lowest BCUT2D eigenvalue weighted by molar-refractivity contribution is -0.139. The van der Waals surface area contributed by atoms with E-state index in [0.29, 0.717) is 23.9 Å². The first-order valence-electron chi connectivity index (χ1n) is 11.8. The van der Waals surface area contributed by atoms with Gasteiger partial charge in [0, 0.05) is 44.1 Å². The summed E-state index contributed by atoms with van der Waals surface area (Å²) in [5.41, 5.74) is 1.35. The molecule has 1 atom stereocenters. The van der Waals surface area contributed by atoms with Crippen molar-refractivity contribution < 1.29 is 4.79 Å². The van der Waals surface area contributed by atoms with Crippen LogP contribution in [0.4, 0.5) is 0 Å². The lowest BCUT2D eigenvalue weighted by atomic mass is 9.92. The topological polar surface area (TPSA) is 39.7 Å². The lowest BCUT2D eigenvalue weighted by Crippen LogP contribution is -2.51. The Hall–Kier alpha value is -1.46. The minimum atomic E-state index is 0.220. The molecule has 160 valence electrons. The van der Waals surface area contributed by atoms with Crippen LogP contribution in [-0.2, 0) is 11.3 Å². The molecule has 0 aromatic carbocycles. The lowest BCUT2D eigenvalue weighted by Gasteiger charge is -2.43. The number of hydrogen-bond acceptors (Lipinski definition) is 4. The molecule has 2 aliphatic heterocycles. The third-order valence-corrected chi connectivity index (χ3v) is 6.86. The van der Waals surface area contributed by atoms with E-state index in [1.165, 1.54) is 44.2 Å². The van der Waals surface area contributed by atoms with Gasteiger partial charge >= 0.3 is 0 Å². The molecule has 0 bridgehead atoms. The van der Waals surface area contributed by atoms with Gasteiger partial charge in [0.15, 0.2) is 0 Å². The summed E-state index contributed by atoms with van der Waals surface area (Å²) in [7, 11) is 0. The maximum atomic E-state index is 13.3. The Balaban J connectivity index is 1.28. The van der Waals surface area contributed by atoms with Crippen LogP contribution in [0.5, 0.6) is 0 Å². The molecule has 1 aliphatic carbocycles. The highest BCUT2D eigenvalue weighted by Gasteiger charge is 2.38. The number of nitrogens with zero attached hydrogens (tertiary/aromatic N) is 4. The minimum Gasteiger partial charge on any atom is -0.339 e. The van der Waals surface area contributed by atoms with E-state index in [9.17, 15) is 4.79 Å². The third kappa shape index (κ3) is 5.58. The van der Waals surface area contributed by atoms with Crippen LogP contribution in [0, 0.1) is 11.8 Å². The summed E-state index contributed by atoms with van der Waals surface area (Å²) >= 11 is 0. The highest BCUT2D eigenvalue weighted by Crippen LogP contribution is 2.32. The molecule has 1 aromatic heterocycles. The zero-order valence-electron chi connectivity index (χ0n) is 18.3. The largest absolute Gasteiger partial charge is 0.339 e. The van der Waals surface area contributed by atoms with Crippen LogP contribution in [0.25, 0.3) is 0 Å². The zero-order chi connectivity index (χ0) is 20.2. The number of rotatable bonds is 7. The van der Waals surface area contributed by atoms with Gasteiger partial charge in [-0.1, -0.05) is 13.8 Å². The van der Waals surface area contributed by atoms with Crippen molar-refractivity contribution in [1.29, 1.82) is 0 Å². The molecule has 29 heavy (non-hydrogen) atoms. The van der Waals surface area contributed by atoms with Gasteiger partial charge in [0.05, 0.1) is 5.92 Å². The van der Waals surface area contributed by atoms with Crippen molar-refractivity contribution in [2.24, 2.45) is 11.8 Å². The average Bonchev–Trinajstić information content (AvgIpc) is 3.58. The smallest absolute Gasteiger partial charge is 0.227 e. The van der Waals surface area contributed by atoms with Crippen LogP contribution >= 0.6 is 0 Å². The fourth-order valence-electron chi connectivity index (χ4n) is 5.16. The Morgan fingerprint density at radius 1 is 1.10 bits per heavy atom. The number of aromatic nitrogens is 1. The fourth-order valence-corrected chi connectivity index (χ4v) is 5.16. The second-order valence-corrected chi connectivity index (χ2v) is 9.81. The zero-order valence-corrected chi connectivity index (χ0v) is 18.3. The third-order valence-electron chi connectivity index (χ3n) is 6.86. The van der Waals surface area contributed by atoms with Crippen LogP contribution in [-0.4, -0.2) is 70.4 Å². The molecule has 1 saturated carbocycles. The molecule has 1 aromatic rings. The molecule has 5 heteroatoms. The molecule has 3 fully saturated rings. The van der Waals surface area contributed by atoms with Crippen molar-refractivity contribution in [1.82, 2.24) is 19.7 Å². The summed E-state index contributed by atoms with van der Waals surface area (Å²) in [5.74, 6) is 1.22. The van der Waals surface area contributed by atoms with E-state index in [0.717, 1.165) is 39.1 Å². The second kappa shape index (κ2) is 9.57. The number of likely N-dealkylation sites (tertiary alicyclic amines) is 2. The van der Waals surface area contributed by atoms with Crippen LogP contribution in [0.2, 0.25) is 0 Å². The minimum absolute atomic E-state index is 0.220. The van der Waals surface area contributed by atoms with Crippen LogP contribution < -0.4 is 0 Å². The predicted molar refractivity (Wildman–Crippen MR) is 116 cm³/mol. The van der Waals surface area contributed by atoms with Gasteiger partial charge in [-0.3, -0.25) is 19.6 Å². The summed E-state index contributed by atoms with van der Waals surface area (Å²) in [6.07, 6.45) is 10.9. The first-order chi connectivity index (χ1) is 14.1. The van der Waals surface area contributed by atoms with Crippen molar-refractivity contribution in [2.75, 3.05) is 32.7 Å². The molecule has 0 N–H and O–H groups in total. The van der Waals surface area contributed by atoms with Gasteiger partial charge in [-0.15, -0.1) is 0 Å². The first kappa shape index (κ1) is 20.8. The molecule has 0 radical (unpaired) electrons. The van der Waals surface area contributed by atoms with Crippen molar-refractivity contribution in [2.45, 2.75) is 71.0 Å². The fraction of sp³-hybridized carbons (Fsp3) is 0.750. The number of amides is 1. The molecular formula is C24H38N4O. The predicted octanol–water partition coefficient (Wildman–Crippen LogP) is 3.41. The van der Waals surface area contributed by atoms with Crippen LogP contribution in [0.3, 0.4) is 0 Å². The van der Waals surface area contributed by atoms with E-state index >= 15 is 0 Å². The number of piperidine rings is 2. The maximum Gasteiger partial charge on any atom is 0.227 e. The summed E-state index contributed by atoms with van der Waals surface area (Å²) < 4.78 is 0. The number of hydrogen-bond donors (Lipinski definition) is 0. The number of carbonyl (C=O) groups is 1. The van der Waals surface area contributed by atoms with E-state index in [2.05, 4.69) is 45.7 Å².